The zero-order valence-electron chi connectivity index (χ0n) is 10.4. The smallest absolute Gasteiger partial charge is 0.407 e. The van der Waals surface area contributed by atoms with Gasteiger partial charge in [-0.1, -0.05) is 0 Å². The van der Waals surface area contributed by atoms with Crippen molar-refractivity contribution in [2.45, 2.75) is 41.5 Å². The minimum Gasteiger partial charge on any atom is -0.444 e. The van der Waals surface area contributed by atoms with E-state index in [9.17, 15) is 13.2 Å². The molecule has 1 N–H and O–H groups in total. The number of carbonyl (C=O) groups is 1. The molecule has 10 heteroatoms. The molecule has 5 nitrogen and oxygen atoms in total. The van der Waals surface area contributed by atoms with Gasteiger partial charge in [0.2, 0.25) is 0 Å². The molecule has 0 aromatic rings. The molecule has 0 aromatic carbocycles. The molecule has 1 heterocycles. The molecule has 1 rings (SSSR count). The van der Waals surface area contributed by atoms with Crippen molar-refractivity contribution in [3.8, 4) is 0 Å². The van der Waals surface area contributed by atoms with Crippen LogP contribution in [0, 0.1) is 0 Å². The van der Waals surface area contributed by atoms with E-state index in [-0.39, 0.29) is 0 Å². The van der Waals surface area contributed by atoms with Crippen LogP contribution >= 0.6 is 0 Å². The second-order valence-corrected chi connectivity index (χ2v) is 7.71. The average molecular weight is 260 g/mol. The minimum atomic E-state index is -4.14. The Morgan fingerprint density at radius 1 is 1.17 bits per heavy atom. The Bertz CT molecular complexity index is 446. The highest BCUT2D eigenvalue weighted by atomic mass is 32.2. The van der Waals surface area contributed by atoms with Crippen LogP contribution in [0.4, 0.5) is 4.79 Å². The predicted octanol–water partition coefficient (Wildman–Crippen LogP) is -1.71. The quantitative estimate of drug-likeness (QED) is 0.570. The van der Waals surface area contributed by atoms with Gasteiger partial charge in [0.25, 0.3) is 0 Å². The molecule has 1 amide bonds. The first-order valence-electron chi connectivity index (χ1n) is 5.12. The number of ether oxygens (including phenoxy) is 1. The van der Waals surface area contributed by atoms with Gasteiger partial charge in [-0.15, -0.1) is 0 Å². The Balaban J connectivity index is 2.85. The van der Waals surface area contributed by atoms with Crippen LogP contribution in [-0.4, -0.2) is 66.6 Å². The molecule has 1 aliphatic heterocycles. The molecule has 0 saturated carbocycles. The fraction of sp³-hybridized carbons (Fsp3) is 0.875. The Labute approximate surface area is 112 Å². The van der Waals surface area contributed by atoms with Crippen LogP contribution in [0.5, 0.6) is 0 Å². The zero-order valence-corrected chi connectivity index (χ0v) is 11.2. The molecule has 0 atom stereocenters. The van der Waals surface area contributed by atoms with E-state index in [0.29, 0.717) is 0 Å². The number of hydrogen-bond acceptors (Lipinski definition) is 4. The van der Waals surface area contributed by atoms with E-state index in [0.717, 1.165) is 0 Å². The van der Waals surface area contributed by atoms with Crippen molar-refractivity contribution < 1.29 is 17.9 Å². The van der Waals surface area contributed by atoms with Crippen molar-refractivity contribution >= 4 is 47.3 Å². The van der Waals surface area contributed by atoms with Crippen LogP contribution in [0.1, 0.15) is 20.8 Å². The molecule has 18 heavy (non-hydrogen) atoms. The Hall–Kier alpha value is -0.520. The number of hydrogen-bond donors (Lipinski definition) is 1. The molecule has 90 valence electrons. The molecule has 0 aliphatic carbocycles. The molecule has 0 bridgehead atoms. The molecule has 1 aliphatic rings. The van der Waals surface area contributed by atoms with Gasteiger partial charge in [-0.05, 0) is 20.8 Å². The van der Waals surface area contributed by atoms with Crippen molar-refractivity contribution in [1.82, 2.24) is 5.32 Å². The summed E-state index contributed by atoms with van der Waals surface area (Å²) in [6.45, 7) is 4.92. The van der Waals surface area contributed by atoms with Crippen molar-refractivity contribution in [3.63, 3.8) is 0 Å². The van der Waals surface area contributed by atoms with Crippen molar-refractivity contribution in [3.05, 3.63) is 0 Å². The number of carbonyl (C=O) groups excluding carboxylic acids is 1. The fourth-order valence-corrected chi connectivity index (χ4v) is 3.12. The molecular weight excluding hydrogens is 249 g/mol. The van der Waals surface area contributed by atoms with E-state index in [1.54, 1.807) is 20.8 Å². The van der Waals surface area contributed by atoms with Gasteiger partial charge in [-0.2, -0.15) is 0 Å². The number of nitrogens with one attached hydrogen (secondary N) is 1. The standard InChI is InChI=1S/C8H11B4NO4S/c1-6(2,3)17-5(14)13-4-7(9,10)18(15,16)8(4,11)12/h4H,1-3H3,(H,13,14). The number of rotatable bonds is 1. The van der Waals surface area contributed by atoms with Crippen molar-refractivity contribution in [2.24, 2.45) is 0 Å². The van der Waals surface area contributed by atoms with Gasteiger partial charge in [0.15, 0.2) is 0 Å². The SMILES string of the molecule is [B]C1([B])C(NC(=O)OC(C)(C)C)C([B])([B])S1(=O)=O. The van der Waals surface area contributed by atoms with Crippen molar-refractivity contribution in [1.29, 1.82) is 0 Å². The summed E-state index contributed by atoms with van der Waals surface area (Å²) in [6.07, 6.45) is -0.900. The average Bonchev–Trinajstić information content (AvgIpc) is 2.09. The van der Waals surface area contributed by atoms with Crippen LogP contribution in [-0.2, 0) is 14.6 Å². The topological polar surface area (TPSA) is 72.5 Å². The highest BCUT2D eigenvalue weighted by molar-refractivity contribution is 8.01. The second-order valence-electron chi connectivity index (χ2n) is 5.29. The maximum absolute atomic E-state index is 11.6. The van der Waals surface area contributed by atoms with E-state index in [1.165, 1.54) is 0 Å². The van der Waals surface area contributed by atoms with Gasteiger partial charge < -0.3 is 10.1 Å². The summed E-state index contributed by atoms with van der Waals surface area (Å²) >= 11 is 0. The minimum absolute atomic E-state index is 0.760. The lowest BCUT2D eigenvalue weighted by molar-refractivity contribution is 0.0500. The number of amides is 1. The van der Waals surface area contributed by atoms with E-state index >= 15 is 0 Å². The van der Waals surface area contributed by atoms with E-state index < -0.39 is 36.7 Å². The van der Waals surface area contributed by atoms with Gasteiger partial charge >= 0.3 is 6.09 Å². The van der Waals surface area contributed by atoms with Crippen LogP contribution < -0.4 is 5.32 Å². The fourth-order valence-electron chi connectivity index (χ4n) is 1.56. The first-order chi connectivity index (χ1) is 7.73. The second kappa shape index (κ2) is 3.98. The lowest BCUT2D eigenvalue weighted by atomic mass is 9.51. The Morgan fingerprint density at radius 3 is 1.89 bits per heavy atom. The van der Waals surface area contributed by atoms with Crippen LogP contribution in [0.25, 0.3) is 0 Å². The van der Waals surface area contributed by atoms with Crippen LogP contribution in [0.2, 0.25) is 0 Å². The van der Waals surface area contributed by atoms with Gasteiger partial charge in [0.05, 0.1) is 31.4 Å². The lowest BCUT2D eigenvalue weighted by Crippen LogP contribution is -2.83. The normalized spacial score (nSPS) is 24.8. The van der Waals surface area contributed by atoms with Gasteiger partial charge in [0, 0.05) is 15.1 Å². The summed E-state index contributed by atoms with van der Waals surface area (Å²) in [5, 5.41) is 2.17. The van der Waals surface area contributed by atoms with Crippen LogP contribution in [0.15, 0.2) is 0 Å². The summed E-state index contributed by atoms with van der Waals surface area (Å²) in [7, 11) is 17.4. The van der Waals surface area contributed by atoms with E-state index in [2.05, 4.69) is 5.32 Å². The predicted molar refractivity (Wildman–Crippen MR) is 70.6 cm³/mol. The van der Waals surface area contributed by atoms with Gasteiger partial charge in [-0.25, -0.2) is 13.2 Å². The molecule has 0 unspecified atom stereocenters. The molecule has 1 saturated heterocycles. The molecule has 1 fully saturated rings. The third kappa shape index (κ3) is 2.19. The molecule has 0 spiro atoms. The third-order valence-electron chi connectivity index (χ3n) is 2.49. The van der Waals surface area contributed by atoms with E-state index in [4.69, 9.17) is 36.1 Å². The highest BCUT2D eigenvalue weighted by Crippen LogP contribution is 2.41. The summed E-state index contributed by atoms with van der Waals surface area (Å²) < 4.78 is 23.7. The molecular formula is C8H11B4NO4S. The Kier molecular flexibility index (Phi) is 3.44. The van der Waals surface area contributed by atoms with Gasteiger partial charge in [0.1, 0.15) is 15.4 Å². The summed E-state index contributed by atoms with van der Waals surface area (Å²) in [5.41, 5.74) is -0.760. The number of sulfone groups is 1. The zero-order chi connectivity index (χ0) is 14.6. The molecule has 0 aromatic heterocycles. The summed E-state index contributed by atoms with van der Waals surface area (Å²) in [4.78, 5) is 11.5. The van der Waals surface area contributed by atoms with Gasteiger partial charge in [-0.3, -0.25) is 0 Å². The lowest BCUT2D eigenvalue weighted by Gasteiger charge is -2.58. The highest BCUT2D eigenvalue weighted by Gasteiger charge is 2.65. The third-order valence-corrected chi connectivity index (χ3v) is 4.83. The van der Waals surface area contributed by atoms with E-state index in [1.807, 2.05) is 0 Å². The monoisotopic (exact) mass is 261 g/mol. The van der Waals surface area contributed by atoms with Crippen molar-refractivity contribution in [2.75, 3.05) is 0 Å². The first-order valence-corrected chi connectivity index (χ1v) is 6.61. The summed E-state index contributed by atoms with van der Waals surface area (Å²) in [6, 6.07) is -1.34. The summed E-state index contributed by atoms with van der Waals surface area (Å²) in [5.74, 6) is 0. The Morgan fingerprint density at radius 2 is 1.56 bits per heavy atom. The first kappa shape index (κ1) is 15.5. The molecule has 8 radical (unpaired) electrons. The maximum atomic E-state index is 11.6. The largest absolute Gasteiger partial charge is 0.444 e. The number of alkyl carbamates (subject to hydrolysis) is 1. The maximum Gasteiger partial charge on any atom is 0.407 e. The van der Waals surface area contributed by atoms with Crippen LogP contribution in [0.3, 0.4) is 0 Å².